The molecule has 128 valence electrons. The Morgan fingerprint density at radius 3 is 2.21 bits per heavy atom. The molecule has 0 saturated heterocycles. The number of ether oxygens (including phenoxy) is 1. The summed E-state index contributed by atoms with van der Waals surface area (Å²) in [4.78, 5) is 12.1. The minimum atomic E-state index is -0.386. The van der Waals surface area contributed by atoms with Crippen LogP contribution in [0.4, 0.5) is 10.5 Å². The molecule has 2 rings (SSSR count). The molecule has 2 amide bonds. The fourth-order valence-electron chi connectivity index (χ4n) is 2.27. The molecular formula is C18H20Cl2N2O2. The van der Waals surface area contributed by atoms with Crippen molar-refractivity contribution >= 4 is 34.9 Å². The van der Waals surface area contributed by atoms with Crippen LogP contribution >= 0.6 is 23.2 Å². The lowest BCUT2D eigenvalue weighted by molar-refractivity contribution is 0.236. The number of para-hydroxylation sites is 2. The molecule has 0 saturated carbocycles. The van der Waals surface area contributed by atoms with Crippen molar-refractivity contribution < 1.29 is 9.53 Å². The Morgan fingerprint density at radius 2 is 1.62 bits per heavy atom. The van der Waals surface area contributed by atoms with E-state index in [0.717, 1.165) is 16.9 Å². The molecule has 4 nitrogen and oxygen atoms in total. The second-order valence-corrected chi connectivity index (χ2v) is 6.44. The molecule has 0 fully saturated rings. The number of aryl methyl sites for hydroxylation is 2. The maximum atomic E-state index is 12.1. The van der Waals surface area contributed by atoms with Gasteiger partial charge in [-0.3, -0.25) is 0 Å². The summed E-state index contributed by atoms with van der Waals surface area (Å²) in [6.45, 7) is 6.20. The van der Waals surface area contributed by atoms with Crippen molar-refractivity contribution in [2.24, 2.45) is 0 Å². The Kier molecular flexibility index (Phi) is 6.35. The molecule has 24 heavy (non-hydrogen) atoms. The predicted octanol–water partition coefficient (Wildman–Crippen LogP) is 5.20. The largest absolute Gasteiger partial charge is 0.491 e. The first-order chi connectivity index (χ1) is 11.4. The van der Waals surface area contributed by atoms with Crippen molar-refractivity contribution in [3.63, 3.8) is 0 Å². The van der Waals surface area contributed by atoms with Crippen molar-refractivity contribution in [3.8, 4) is 5.75 Å². The lowest BCUT2D eigenvalue weighted by Gasteiger charge is -2.18. The van der Waals surface area contributed by atoms with E-state index in [0.29, 0.717) is 22.3 Å². The monoisotopic (exact) mass is 366 g/mol. The lowest BCUT2D eigenvalue weighted by atomic mass is 10.1. The molecule has 1 unspecified atom stereocenters. The Balaban J connectivity index is 1.90. The second-order valence-electron chi connectivity index (χ2n) is 5.63. The summed E-state index contributed by atoms with van der Waals surface area (Å²) >= 11 is 12.1. The van der Waals surface area contributed by atoms with E-state index >= 15 is 0 Å². The summed E-state index contributed by atoms with van der Waals surface area (Å²) < 4.78 is 5.83. The summed E-state index contributed by atoms with van der Waals surface area (Å²) in [6.07, 6.45) is 0. The number of carbonyl (C=O) groups excluding carboxylic acids is 1. The van der Waals surface area contributed by atoms with E-state index in [2.05, 4.69) is 10.6 Å². The van der Waals surface area contributed by atoms with Crippen LogP contribution in [0.15, 0.2) is 36.4 Å². The third-order valence-electron chi connectivity index (χ3n) is 3.47. The van der Waals surface area contributed by atoms with Gasteiger partial charge in [0.15, 0.2) is 0 Å². The van der Waals surface area contributed by atoms with Crippen molar-refractivity contribution in [2.75, 3.05) is 11.9 Å². The highest BCUT2D eigenvalue weighted by Gasteiger charge is 2.13. The molecule has 0 aliphatic heterocycles. The molecule has 0 aliphatic rings. The van der Waals surface area contributed by atoms with Crippen LogP contribution in [0.3, 0.4) is 0 Å². The van der Waals surface area contributed by atoms with Crippen LogP contribution in [-0.4, -0.2) is 18.7 Å². The number of rotatable bonds is 5. The first-order valence-electron chi connectivity index (χ1n) is 7.59. The van der Waals surface area contributed by atoms with Crippen LogP contribution < -0.4 is 15.4 Å². The van der Waals surface area contributed by atoms with Gasteiger partial charge in [0.1, 0.15) is 12.4 Å². The van der Waals surface area contributed by atoms with Crippen molar-refractivity contribution in [2.45, 2.75) is 26.8 Å². The van der Waals surface area contributed by atoms with E-state index in [1.165, 1.54) is 0 Å². The number of anilines is 1. The predicted molar refractivity (Wildman–Crippen MR) is 99.5 cm³/mol. The van der Waals surface area contributed by atoms with Crippen LogP contribution in [0.5, 0.6) is 5.75 Å². The smallest absolute Gasteiger partial charge is 0.319 e. The number of urea groups is 1. The van der Waals surface area contributed by atoms with Crippen LogP contribution in [0.2, 0.25) is 10.0 Å². The SMILES string of the molecule is Cc1cccc(C)c1OCC(C)NC(=O)Nc1c(Cl)cccc1Cl. The van der Waals surface area contributed by atoms with Crippen LogP contribution in [0, 0.1) is 13.8 Å². The summed E-state index contributed by atoms with van der Waals surface area (Å²) in [5.41, 5.74) is 2.52. The van der Waals surface area contributed by atoms with Crippen molar-refractivity contribution in [3.05, 3.63) is 57.6 Å². The van der Waals surface area contributed by atoms with Gasteiger partial charge in [0.2, 0.25) is 0 Å². The molecule has 0 heterocycles. The zero-order valence-corrected chi connectivity index (χ0v) is 15.3. The molecule has 0 bridgehead atoms. The minimum Gasteiger partial charge on any atom is -0.491 e. The standard InChI is InChI=1S/C18H20Cl2N2O2/c1-11-6-4-7-12(2)17(11)24-10-13(3)21-18(23)22-16-14(19)8-5-9-15(16)20/h4-9,13H,10H2,1-3H3,(H2,21,22,23). The van der Waals surface area contributed by atoms with E-state index in [1.54, 1.807) is 18.2 Å². The summed E-state index contributed by atoms with van der Waals surface area (Å²) in [7, 11) is 0. The number of benzene rings is 2. The normalized spacial score (nSPS) is 11.7. The molecule has 2 N–H and O–H groups in total. The van der Waals surface area contributed by atoms with Crippen LogP contribution in [0.1, 0.15) is 18.1 Å². The van der Waals surface area contributed by atoms with Crippen molar-refractivity contribution in [1.82, 2.24) is 5.32 Å². The zero-order valence-electron chi connectivity index (χ0n) is 13.8. The number of amides is 2. The Bertz CT molecular complexity index is 694. The topological polar surface area (TPSA) is 50.4 Å². The van der Waals surface area contributed by atoms with Gasteiger partial charge in [0.05, 0.1) is 21.8 Å². The Hall–Kier alpha value is -1.91. The minimum absolute atomic E-state index is 0.190. The third-order valence-corrected chi connectivity index (χ3v) is 4.10. The van der Waals surface area contributed by atoms with Crippen LogP contribution in [-0.2, 0) is 0 Å². The maximum absolute atomic E-state index is 12.1. The number of hydrogen-bond acceptors (Lipinski definition) is 2. The number of carbonyl (C=O) groups is 1. The number of hydrogen-bond donors (Lipinski definition) is 2. The quantitative estimate of drug-likeness (QED) is 0.763. The first kappa shape index (κ1) is 18.4. The second kappa shape index (κ2) is 8.27. The third kappa shape index (κ3) is 4.79. The maximum Gasteiger partial charge on any atom is 0.319 e. The molecule has 2 aromatic carbocycles. The van der Waals surface area contributed by atoms with Gasteiger partial charge < -0.3 is 15.4 Å². The fourth-order valence-corrected chi connectivity index (χ4v) is 2.76. The zero-order chi connectivity index (χ0) is 17.7. The highest BCUT2D eigenvalue weighted by molar-refractivity contribution is 6.39. The highest BCUT2D eigenvalue weighted by atomic mass is 35.5. The van der Waals surface area contributed by atoms with E-state index in [4.69, 9.17) is 27.9 Å². The van der Waals surface area contributed by atoms with Gasteiger partial charge in [0.25, 0.3) is 0 Å². The average molecular weight is 367 g/mol. The molecule has 0 aliphatic carbocycles. The Labute approximate surface area is 152 Å². The van der Waals surface area contributed by atoms with Gasteiger partial charge in [-0.05, 0) is 44.0 Å². The van der Waals surface area contributed by atoms with Gasteiger partial charge in [-0.1, -0.05) is 47.5 Å². The summed E-state index contributed by atoms with van der Waals surface area (Å²) in [5.74, 6) is 0.848. The summed E-state index contributed by atoms with van der Waals surface area (Å²) in [5, 5.41) is 6.23. The molecule has 0 spiro atoms. The van der Waals surface area contributed by atoms with Crippen LogP contribution in [0.25, 0.3) is 0 Å². The molecule has 6 heteroatoms. The summed E-state index contributed by atoms with van der Waals surface area (Å²) in [6, 6.07) is 10.4. The van der Waals surface area contributed by atoms with Gasteiger partial charge in [-0.15, -0.1) is 0 Å². The van der Waals surface area contributed by atoms with Gasteiger partial charge in [-0.25, -0.2) is 4.79 Å². The van der Waals surface area contributed by atoms with E-state index in [9.17, 15) is 4.79 Å². The lowest BCUT2D eigenvalue weighted by Crippen LogP contribution is -2.39. The Morgan fingerprint density at radius 1 is 1.08 bits per heavy atom. The molecule has 2 aromatic rings. The van der Waals surface area contributed by atoms with Gasteiger partial charge >= 0.3 is 6.03 Å². The highest BCUT2D eigenvalue weighted by Crippen LogP contribution is 2.29. The fraction of sp³-hybridized carbons (Fsp3) is 0.278. The molecule has 1 atom stereocenters. The molecular weight excluding hydrogens is 347 g/mol. The molecule has 0 aromatic heterocycles. The van der Waals surface area contributed by atoms with Gasteiger partial charge in [0, 0.05) is 0 Å². The number of halogens is 2. The molecule has 0 radical (unpaired) electrons. The van der Waals surface area contributed by atoms with Gasteiger partial charge in [-0.2, -0.15) is 0 Å². The first-order valence-corrected chi connectivity index (χ1v) is 8.34. The number of nitrogens with one attached hydrogen (secondary N) is 2. The van der Waals surface area contributed by atoms with E-state index < -0.39 is 0 Å². The van der Waals surface area contributed by atoms with E-state index in [-0.39, 0.29) is 12.1 Å². The van der Waals surface area contributed by atoms with E-state index in [1.807, 2.05) is 39.0 Å². The van der Waals surface area contributed by atoms with Crippen molar-refractivity contribution in [1.29, 1.82) is 0 Å². The average Bonchev–Trinajstić information content (AvgIpc) is 2.50.